The quantitative estimate of drug-likeness (QED) is 0.312. The van der Waals surface area contributed by atoms with E-state index in [2.05, 4.69) is 27.0 Å². The molecule has 7 nitrogen and oxygen atoms in total. The zero-order chi connectivity index (χ0) is 18.9. The first-order valence-corrected chi connectivity index (χ1v) is 8.07. The van der Waals surface area contributed by atoms with Gasteiger partial charge in [-0.1, -0.05) is 29.8 Å². The van der Waals surface area contributed by atoms with Crippen molar-refractivity contribution in [3.63, 3.8) is 0 Å². The molecule has 0 fully saturated rings. The van der Waals surface area contributed by atoms with Crippen LogP contribution in [0.2, 0.25) is 0 Å². The molecule has 136 valence electrons. The van der Waals surface area contributed by atoms with Crippen molar-refractivity contribution in [1.29, 1.82) is 0 Å². The third-order valence-electron chi connectivity index (χ3n) is 3.16. The van der Waals surface area contributed by atoms with E-state index in [1.165, 1.54) is 18.2 Å². The predicted octanol–water partition coefficient (Wildman–Crippen LogP) is 1.99. The van der Waals surface area contributed by atoms with Crippen molar-refractivity contribution in [3.05, 3.63) is 59.9 Å². The van der Waals surface area contributed by atoms with E-state index >= 15 is 0 Å². The number of nitrogens with one attached hydrogen (secondary N) is 5. The van der Waals surface area contributed by atoms with Gasteiger partial charge < -0.3 is 5.32 Å². The number of benzene rings is 2. The number of anilines is 2. The highest BCUT2D eigenvalue weighted by Crippen LogP contribution is 2.10. The number of hydrogen-bond donors (Lipinski definition) is 5. The Balaban J connectivity index is 1.69. The summed E-state index contributed by atoms with van der Waals surface area (Å²) in [5.41, 5.74) is 11.4. The van der Waals surface area contributed by atoms with Crippen LogP contribution in [-0.4, -0.2) is 16.9 Å². The maximum atomic E-state index is 13.4. The van der Waals surface area contributed by atoms with Crippen molar-refractivity contribution < 1.29 is 14.0 Å². The van der Waals surface area contributed by atoms with Gasteiger partial charge in [-0.25, -0.2) is 4.39 Å². The van der Waals surface area contributed by atoms with Gasteiger partial charge in [0.15, 0.2) is 5.11 Å². The highest BCUT2D eigenvalue weighted by molar-refractivity contribution is 7.80. The average molecular weight is 375 g/mol. The van der Waals surface area contributed by atoms with Gasteiger partial charge in [0.2, 0.25) is 11.8 Å². The fourth-order valence-corrected chi connectivity index (χ4v) is 2.03. The van der Waals surface area contributed by atoms with E-state index in [0.29, 0.717) is 0 Å². The Hall–Kier alpha value is -3.20. The summed E-state index contributed by atoms with van der Waals surface area (Å²) in [7, 11) is 0. The van der Waals surface area contributed by atoms with E-state index in [1.807, 2.05) is 31.2 Å². The van der Waals surface area contributed by atoms with E-state index in [-0.39, 0.29) is 10.8 Å². The second-order valence-corrected chi connectivity index (χ2v) is 5.73. The lowest BCUT2D eigenvalue weighted by atomic mass is 10.2. The Morgan fingerprint density at radius 1 is 0.962 bits per heavy atom. The molecule has 0 heterocycles. The summed E-state index contributed by atoms with van der Waals surface area (Å²) < 4.78 is 13.4. The third kappa shape index (κ3) is 6.36. The smallest absolute Gasteiger partial charge is 0.247 e. The van der Waals surface area contributed by atoms with Crippen LogP contribution in [0.1, 0.15) is 12.0 Å². The number of hydrogen-bond acceptors (Lipinski definition) is 4. The number of hydrazine groups is 2. The average Bonchev–Trinajstić information content (AvgIpc) is 2.61. The zero-order valence-electron chi connectivity index (χ0n) is 13.9. The Kier molecular flexibility index (Phi) is 6.86. The van der Waals surface area contributed by atoms with Crippen LogP contribution < -0.4 is 27.0 Å². The monoisotopic (exact) mass is 375 g/mol. The number of rotatable bonds is 5. The molecule has 2 aromatic carbocycles. The van der Waals surface area contributed by atoms with Crippen molar-refractivity contribution in [2.75, 3.05) is 10.7 Å². The van der Waals surface area contributed by atoms with Gasteiger partial charge in [0.1, 0.15) is 12.2 Å². The van der Waals surface area contributed by atoms with Gasteiger partial charge in [-0.15, -0.1) is 0 Å². The molecule has 0 aromatic heterocycles. The number of halogens is 1. The van der Waals surface area contributed by atoms with Gasteiger partial charge in [0.05, 0.1) is 5.69 Å². The number of amides is 2. The van der Waals surface area contributed by atoms with Crippen molar-refractivity contribution in [2.24, 2.45) is 0 Å². The summed E-state index contributed by atoms with van der Waals surface area (Å²) >= 11 is 5.04. The molecule has 0 atom stereocenters. The van der Waals surface area contributed by atoms with Crippen LogP contribution in [0.4, 0.5) is 15.8 Å². The van der Waals surface area contributed by atoms with Crippen molar-refractivity contribution in [2.45, 2.75) is 13.3 Å². The molecule has 0 saturated heterocycles. The minimum atomic E-state index is -0.634. The maximum absolute atomic E-state index is 13.4. The van der Waals surface area contributed by atoms with Gasteiger partial charge in [-0.2, -0.15) is 0 Å². The van der Waals surface area contributed by atoms with E-state index in [1.54, 1.807) is 6.07 Å². The van der Waals surface area contributed by atoms with E-state index in [9.17, 15) is 14.0 Å². The number of thiocarbonyl (C=S) groups is 1. The lowest BCUT2D eigenvalue weighted by Crippen LogP contribution is -2.45. The first kappa shape index (κ1) is 19.1. The van der Waals surface area contributed by atoms with Crippen LogP contribution in [0.15, 0.2) is 48.5 Å². The van der Waals surface area contributed by atoms with Crippen LogP contribution in [0.3, 0.4) is 0 Å². The summed E-state index contributed by atoms with van der Waals surface area (Å²) in [4.78, 5) is 23.4. The highest BCUT2D eigenvalue weighted by Gasteiger charge is 2.10. The molecule has 0 spiro atoms. The first-order valence-electron chi connectivity index (χ1n) is 7.66. The molecule has 0 saturated carbocycles. The molecular formula is C17H18FN5O2S. The lowest BCUT2D eigenvalue weighted by Gasteiger charge is -2.12. The SMILES string of the molecule is Cc1ccc(NC(=S)NNC(=O)CC(=O)NNc2ccccc2F)cc1. The molecule has 0 aliphatic heterocycles. The Bertz CT molecular complexity index is 798. The predicted molar refractivity (Wildman–Crippen MR) is 101 cm³/mol. The highest BCUT2D eigenvalue weighted by atomic mass is 32.1. The van der Waals surface area contributed by atoms with Crippen LogP contribution in [-0.2, 0) is 9.59 Å². The summed E-state index contributed by atoms with van der Waals surface area (Å²) in [5, 5.41) is 3.05. The fourth-order valence-electron chi connectivity index (χ4n) is 1.86. The number of carbonyl (C=O) groups excluding carboxylic acids is 2. The normalized spacial score (nSPS) is 9.77. The summed E-state index contributed by atoms with van der Waals surface area (Å²) in [6.45, 7) is 1.96. The molecule has 0 bridgehead atoms. The number of carbonyl (C=O) groups is 2. The van der Waals surface area contributed by atoms with Crippen molar-refractivity contribution >= 4 is 40.5 Å². The van der Waals surface area contributed by atoms with Crippen LogP contribution >= 0.6 is 12.2 Å². The molecule has 0 aliphatic carbocycles. The molecule has 2 amide bonds. The van der Waals surface area contributed by atoms with Crippen LogP contribution in [0.5, 0.6) is 0 Å². The van der Waals surface area contributed by atoms with Crippen molar-refractivity contribution in [1.82, 2.24) is 16.3 Å². The fraction of sp³-hybridized carbons (Fsp3) is 0.118. The number of para-hydroxylation sites is 1. The van der Waals surface area contributed by atoms with Crippen LogP contribution in [0.25, 0.3) is 0 Å². The zero-order valence-corrected chi connectivity index (χ0v) is 14.7. The van der Waals surface area contributed by atoms with Crippen LogP contribution in [0, 0.1) is 12.7 Å². The topological polar surface area (TPSA) is 94.3 Å². The van der Waals surface area contributed by atoms with Gasteiger partial charge in [-0.3, -0.25) is 31.3 Å². The van der Waals surface area contributed by atoms with E-state index < -0.39 is 24.1 Å². The molecule has 9 heteroatoms. The molecule has 2 aromatic rings. The summed E-state index contributed by atoms with van der Waals surface area (Å²) in [6.07, 6.45) is -0.471. The largest absolute Gasteiger partial charge is 0.331 e. The van der Waals surface area contributed by atoms with E-state index in [4.69, 9.17) is 12.2 Å². The van der Waals surface area contributed by atoms with E-state index in [0.717, 1.165) is 11.3 Å². The lowest BCUT2D eigenvalue weighted by molar-refractivity contribution is -0.129. The standard InChI is InChI=1S/C17H18FN5O2S/c1-11-6-8-12(9-7-11)19-17(26)23-22-16(25)10-15(24)21-20-14-5-3-2-4-13(14)18/h2-9,20H,10H2,1H3,(H,21,24)(H,22,25)(H2,19,23,26). The minimum Gasteiger partial charge on any atom is -0.331 e. The second-order valence-electron chi connectivity index (χ2n) is 5.32. The molecule has 0 aliphatic rings. The molecule has 0 unspecified atom stereocenters. The molecule has 2 rings (SSSR count). The van der Waals surface area contributed by atoms with Gasteiger partial charge in [0.25, 0.3) is 0 Å². The molecular weight excluding hydrogens is 357 g/mol. The molecule has 5 N–H and O–H groups in total. The first-order chi connectivity index (χ1) is 12.4. The van der Waals surface area contributed by atoms with Crippen molar-refractivity contribution in [3.8, 4) is 0 Å². The second kappa shape index (κ2) is 9.33. The maximum Gasteiger partial charge on any atom is 0.247 e. The minimum absolute atomic E-state index is 0.0999. The Morgan fingerprint density at radius 2 is 1.62 bits per heavy atom. The van der Waals surface area contributed by atoms with Gasteiger partial charge in [0, 0.05) is 5.69 Å². The van der Waals surface area contributed by atoms with Gasteiger partial charge >= 0.3 is 0 Å². The molecule has 0 radical (unpaired) electrons. The summed E-state index contributed by atoms with van der Waals surface area (Å²) in [6, 6.07) is 13.3. The Labute approximate surface area is 155 Å². The Morgan fingerprint density at radius 3 is 2.31 bits per heavy atom. The number of aryl methyl sites for hydroxylation is 1. The third-order valence-corrected chi connectivity index (χ3v) is 3.36. The summed E-state index contributed by atoms with van der Waals surface area (Å²) in [5.74, 6) is -1.76. The molecule has 26 heavy (non-hydrogen) atoms. The van der Waals surface area contributed by atoms with Gasteiger partial charge in [-0.05, 0) is 43.4 Å².